The zero-order valence-corrected chi connectivity index (χ0v) is 17.1. The minimum absolute atomic E-state index is 0.144. The van der Waals surface area contributed by atoms with Crippen LogP contribution in [0.25, 0.3) is 0 Å². The molecule has 8 nitrogen and oxygen atoms in total. The van der Waals surface area contributed by atoms with Crippen LogP contribution in [0.3, 0.4) is 0 Å². The molecule has 0 saturated carbocycles. The van der Waals surface area contributed by atoms with E-state index in [4.69, 9.17) is 4.74 Å². The topological polar surface area (TPSA) is 79.6 Å². The first-order valence-electron chi connectivity index (χ1n) is 9.97. The number of piperidine rings is 1. The van der Waals surface area contributed by atoms with E-state index in [0.29, 0.717) is 38.8 Å². The molecule has 0 bridgehead atoms. The van der Waals surface area contributed by atoms with Crippen LogP contribution in [0.1, 0.15) is 37.8 Å². The second-order valence-corrected chi connectivity index (χ2v) is 6.97. The quantitative estimate of drug-likeness (QED) is 0.350. The summed E-state index contributed by atoms with van der Waals surface area (Å²) in [5.74, 6) is 2.35. The third-order valence-corrected chi connectivity index (χ3v) is 4.85. The molecule has 0 amide bonds. The molecule has 160 valence electrons. The highest BCUT2D eigenvalue weighted by Gasteiger charge is 2.22. The highest BCUT2D eigenvalue weighted by Crippen LogP contribution is 2.12. The molecule has 1 aromatic heterocycles. The van der Waals surface area contributed by atoms with Gasteiger partial charge in [-0.25, -0.2) is 13.8 Å². The van der Waals surface area contributed by atoms with E-state index in [1.54, 1.807) is 0 Å². The van der Waals surface area contributed by atoms with E-state index in [1.165, 1.54) is 0 Å². The van der Waals surface area contributed by atoms with Crippen LogP contribution >= 0.6 is 0 Å². The molecule has 0 unspecified atom stereocenters. The molecular weight excluding hydrogens is 368 g/mol. The molecule has 1 saturated heterocycles. The van der Waals surface area contributed by atoms with E-state index in [0.717, 1.165) is 37.5 Å². The van der Waals surface area contributed by atoms with Gasteiger partial charge in [-0.3, -0.25) is 4.90 Å². The standard InChI is InChI=1S/C18H33F2N7O/c1-4-28-11-5-8-21-18(22-12-17-25-24-14(2)26(17)3)23-15-6-9-27(10-7-15)13-16(19)20/h15-16H,4-13H2,1-3H3,(H2,21,22,23). The van der Waals surface area contributed by atoms with Crippen molar-refractivity contribution < 1.29 is 13.5 Å². The molecule has 2 heterocycles. The van der Waals surface area contributed by atoms with Gasteiger partial charge in [0, 0.05) is 45.9 Å². The lowest BCUT2D eigenvalue weighted by Gasteiger charge is -2.32. The van der Waals surface area contributed by atoms with Crippen LogP contribution in [0, 0.1) is 6.92 Å². The van der Waals surface area contributed by atoms with Crippen LogP contribution in [-0.4, -0.2) is 77.5 Å². The molecule has 0 atom stereocenters. The van der Waals surface area contributed by atoms with E-state index < -0.39 is 6.43 Å². The first-order chi connectivity index (χ1) is 13.5. The van der Waals surface area contributed by atoms with E-state index in [-0.39, 0.29) is 12.6 Å². The maximum absolute atomic E-state index is 12.5. The summed E-state index contributed by atoms with van der Waals surface area (Å²) in [6.07, 6.45) is 0.235. The number of guanidine groups is 1. The minimum Gasteiger partial charge on any atom is -0.382 e. The molecule has 0 spiro atoms. The smallest absolute Gasteiger partial charge is 0.251 e. The molecular formula is C18H33F2N7O. The third-order valence-electron chi connectivity index (χ3n) is 4.85. The molecule has 0 radical (unpaired) electrons. The molecule has 0 aromatic carbocycles. The second-order valence-electron chi connectivity index (χ2n) is 6.97. The summed E-state index contributed by atoms with van der Waals surface area (Å²) in [4.78, 5) is 6.46. The Hall–Kier alpha value is -1.81. The van der Waals surface area contributed by atoms with Crippen molar-refractivity contribution in [1.29, 1.82) is 0 Å². The van der Waals surface area contributed by atoms with E-state index >= 15 is 0 Å². The van der Waals surface area contributed by atoms with Crippen LogP contribution in [-0.2, 0) is 18.3 Å². The average molecular weight is 402 g/mol. The number of aryl methyl sites for hydroxylation is 1. The Morgan fingerprint density at radius 2 is 2.07 bits per heavy atom. The fraction of sp³-hybridized carbons (Fsp3) is 0.833. The molecule has 0 aliphatic carbocycles. The Morgan fingerprint density at radius 3 is 2.68 bits per heavy atom. The van der Waals surface area contributed by atoms with Crippen LogP contribution in [0.4, 0.5) is 8.78 Å². The van der Waals surface area contributed by atoms with Gasteiger partial charge in [-0.2, -0.15) is 0 Å². The Labute approximate surface area is 165 Å². The SMILES string of the molecule is CCOCCCNC(=NCc1nnc(C)n1C)NC1CCN(CC(F)F)CC1. The summed E-state index contributed by atoms with van der Waals surface area (Å²) in [7, 11) is 1.92. The number of likely N-dealkylation sites (tertiary alicyclic amines) is 1. The lowest BCUT2D eigenvalue weighted by atomic mass is 10.1. The van der Waals surface area contributed by atoms with Crippen molar-refractivity contribution in [3.8, 4) is 0 Å². The molecule has 1 aromatic rings. The molecule has 10 heteroatoms. The van der Waals surface area contributed by atoms with Crippen molar-refractivity contribution in [1.82, 2.24) is 30.3 Å². The normalized spacial score (nSPS) is 16.7. The van der Waals surface area contributed by atoms with Gasteiger partial charge >= 0.3 is 0 Å². The van der Waals surface area contributed by atoms with Gasteiger partial charge in [0.2, 0.25) is 0 Å². The van der Waals surface area contributed by atoms with E-state index in [9.17, 15) is 8.78 Å². The average Bonchev–Trinajstić information content (AvgIpc) is 2.98. The number of rotatable bonds is 10. The van der Waals surface area contributed by atoms with Crippen LogP contribution in [0.2, 0.25) is 0 Å². The zero-order valence-electron chi connectivity index (χ0n) is 17.1. The summed E-state index contributed by atoms with van der Waals surface area (Å²) >= 11 is 0. The van der Waals surface area contributed by atoms with Crippen LogP contribution in [0.15, 0.2) is 4.99 Å². The first-order valence-corrected chi connectivity index (χ1v) is 9.97. The monoisotopic (exact) mass is 401 g/mol. The number of aliphatic imine (C=N–C) groups is 1. The molecule has 2 rings (SSSR count). The first kappa shape index (κ1) is 22.5. The fourth-order valence-electron chi connectivity index (χ4n) is 3.06. The van der Waals surface area contributed by atoms with Crippen molar-refractivity contribution in [2.45, 2.75) is 52.1 Å². The van der Waals surface area contributed by atoms with Gasteiger partial charge in [0.15, 0.2) is 11.8 Å². The van der Waals surface area contributed by atoms with Crippen molar-refractivity contribution >= 4 is 5.96 Å². The number of ether oxygens (including phenoxy) is 1. The molecule has 2 N–H and O–H groups in total. The van der Waals surface area contributed by atoms with Gasteiger partial charge in [0.25, 0.3) is 6.43 Å². The van der Waals surface area contributed by atoms with Crippen LogP contribution in [0.5, 0.6) is 0 Å². The molecule has 1 aliphatic rings. The third kappa shape index (κ3) is 7.67. The predicted octanol–water partition coefficient (Wildman–Crippen LogP) is 1.31. The minimum atomic E-state index is -2.27. The number of nitrogens with one attached hydrogen (secondary N) is 2. The Morgan fingerprint density at radius 1 is 1.32 bits per heavy atom. The van der Waals surface area contributed by atoms with Gasteiger partial charge in [0.05, 0.1) is 6.54 Å². The summed E-state index contributed by atoms with van der Waals surface area (Å²) in [5.41, 5.74) is 0. The number of aromatic nitrogens is 3. The summed E-state index contributed by atoms with van der Waals surface area (Å²) in [6, 6.07) is 0.216. The van der Waals surface area contributed by atoms with E-state index in [2.05, 4.69) is 25.8 Å². The number of hydrogen-bond acceptors (Lipinski definition) is 5. The maximum Gasteiger partial charge on any atom is 0.251 e. The lowest BCUT2D eigenvalue weighted by molar-refractivity contribution is 0.0744. The Balaban J connectivity index is 1.88. The van der Waals surface area contributed by atoms with Gasteiger partial charge in [-0.1, -0.05) is 0 Å². The highest BCUT2D eigenvalue weighted by atomic mass is 19.3. The maximum atomic E-state index is 12.5. The fourth-order valence-corrected chi connectivity index (χ4v) is 3.06. The largest absolute Gasteiger partial charge is 0.382 e. The number of nitrogens with zero attached hydrogens (tertiary/aromatic N) is 5. The highest BCUT2D eigenvalue weighted by molar-refractivity contribution is 5.80. The summed E-state index contributed by atoms with van der Waals surface area (Å²) in [5, 5.41) is 15.0. The van der Waals surface area contributed by atoms with Gasteiger partial charge in [-0.05, 0) is 33.1 Å². The Kier molecular flexibility index (Phi) is 9.56. The zero-order chi connectivity index (χ0) is 20.4. The Bertz CT molecular complexity index is 601. The van der Waals surface area contributed by atoms with Crippen molar-refractivity contribution in [3.05, 3.63) is 11.6 Å². The summed E-state index contributed by atoms with van der Waals surface area (Å²) in [6.45, 7) is 7.65. The number of halogens is 2. The van der Waals surface area contributed by atoms with E-state index in [1.807, 2.05) is 30.4 Å². The number of hydrogen-bond donors (Lipinski definition) is 2. The predicted molar refractivity (Wildman–Crippen MR) is 105 cm³/mol. The second kappa shape index (κ2) is 11.9. The summed E-state index contributed by atoms with van der Waals surface area (Å²) < 4.78 is 32.4. The van der Waals surface area contributed by atoms with Crippen molar-refractivity contribution in [2.24, 2.45) is 12.0 Å². The van der Waals surface area contributed by atoms with Crippen molar-refractivity contribution in [3.63, 3.8) is 0 Å². The van der Waals surface area contributed by atoms with Crippen molar-refractivity contribution in [2.75, 3.05) is 39.4 Å². The molecule has 1 fully saturated rings. The van der Waals surface area contributed by atoms with Gasteiger partial charge in [0.1, 0.15) is 12.4 Å². The molecule has 28 heavy (non-hydrogen) atoms. The van der Waals surface area contributed by atoms with Gasteiger partial charge in [-0.15, -0.1) is 10.2 Å². The number of alkyl halides is 2. The lowest BCUT2D eigenvalue weighted by Crippen LogP contribution is -2.49. The molecule has 1 aliphatic heterocycles. The van der Waals surface area contributed by atoms with Crippen LogP contribution < -0.4 is 10.6 Å². The van der Waals surface area contributed by atoms with Gasteiger partial charge < -0.3 is 19.9 Å².